The Morgan fingerprint density at radius 3 is 2.84 bits per heavy atom. The van der Waals surface area contributed by atoms with Gasteiger partial charge in [0, 0.05) is 31.2 Å². The standard InChI is InChI=1S/C16H30N2O/c1-2-5-14(12-17-13-8-9-13)18-10-11-19-16-7-4-3-6-15(16)18/h13-17H,2-12H2,1H3. The fourth-order valence-electron chi connectivity index (χ4n) is 3.89. The van der Waals surface area contributed by atoms with E-state index in [9.17, 15) is 0 Å². The van der Waals surface area contributed by atoms with Crippen molar-refractivity contribution < 1.29 is 4.74 Å². The highest BCUT2D eigenvalue weighted by atomic mass is 16.5. The van der Waals surface area contributed by atoms with Gasteiger partial charge in [0.15, 0.2) is 0 Å². The average Bonchev–Trinajstić information content (AvgIpc) is 3.27. The SMILES string of the molecule is CCCC(CNC1CC1)N1CCOC2CCCCC21. The molecule has 0 radical (unpaired) electrons. The molecule has 0 amide bonds. The summed E-state index contributed by atoms with van der Waals surface area (Å²) in [6.45, 7) is 5.62. The van der Waals surface area contributed by atoms with Crippen molar-refractivity contribution in [1.82, 2.24) is 10.2 Å². The number of hydrogen-bond donors (Lipinski definition) is 1. The van der Waals surface area contributed by atoms with Crippen LogP contribution in [0.1, 0.15) is 58.3 Å². The third kappa shape index (κ3) is 3.50. The highest BCUT2D eigenvalue weighted by Gasteiger charge is 2.37. The zero-order valence-corrected chi connectivity index (χ0v) is 12.4. The molecular weight excluding hydrogens is 236 g/mol. The van der Waals surface area contributed by atoms with Gasteiger partial charge in [-0.2, -0.15) is 0 Å². The highest BCUT2D eigenvalue weighted by Crippen LogP contribution is 2.30. The van der Waals surface area contributed by atoms with E-state index >= 15 is 0 Å². The van der Waals surface area contributed by atoms with Crippen LogP contribution in [-0.4, -0.2) is 48.8 Å². The van der Waals surface area contributed by atoms with Crippen LogP contribution in [0.3, 0.4) is 0 Å². The fraction of sp³-hybridized carbons (Fsp3) is 1.00. The van der Waals surface area contributed by atoms with Gasteiger partial charge in [0.25, 0.3) is 0 Å². The molecule has 2 aliphatic carbocycles. The van der Waals surface area contributed by atoms with E-state index in [-0.39, 0.29) is 0 Å². The van der Waals surface area contributed by atoms with Crippen LogP contribution in [0.25, 0.3) is 0 Å². The molecule has 1 saturated heterocycles. The van der Waals surface area contributed by atoms with Crippen molar-refractivity contribution in [3.63, 3.8) is 0 Å². The summed E-state index contributed by atoms with van der Waals surface area (Å²) in [5.74, 6) is 0. The van der Waals surface area contributed by atoms with Crippen LogP contribution in [0.4, 0.5) is 0 Å². The van der Waals surface area contributed by atoms with E-state index in [4.69, 9.17) is 4.74 Å². The van der Waals surface area contributed by atoms with E-state index in [1.54, 1.807) is 0 Å². The van der Waals surface area contributed by atoms with Crippen LogP contribution in [0.5, 0.6) is 0 Å². The molecule has 1 N–H and O–H groups in total. The quantitative estimate of drug-likeness (QED) is 0.799. The van der Waals surface area contributed by atoms with Crippen molar-refractivity contribution in [2.24, 2.45) is 0 Å². The van der Waals surface area contributed by atoms with Gasteiger partial charge >= 0.3 is 0 Å². The van der Waals surface area contributed by atoms with Crippen LogP contribution in [0, 0.1) is 0 Å². The minimum absolute atomic E-state index is 0.530. The maximum Gasteiger partial charge on any atom is 0.0731 e. The molecule has 3 atom stereocenters. The summed E-state index contributed by atoms with van der Waals surface area (Å²) in [4.78, 5) is 2.80. The van der Waals surface area contributed by atoms with Crippen molar-refractivity contribution >= 4 is 0 Å². The van der Waals surface area contributed by atoms with Gasteiger partial charge in [-0.1, -0.05) is 26.2 Å². The van der Waals surface area contributed by atoms with Gasteiger partial charge in [0.05, 0.1) is 12.7 Å². The molecule has 0 bridgehead atoms. The molecule has 3 fully saturated rings. The molecule has 3 heteroatoms. The highest BCUT2D eigenvalue weighted by molar-refractivity contribution is 4.92. The zero-order valence-electron chi connectivity index (χ0n) is 12.4. The van der Waals surface area contributed by atoms with Gasteiger partial charge in [0.2, 0.25) is 0 Å². The van der Waals surface area contributed by atoms with E-state index in [0.29, 0.717) is 12.1 Å². The molecule has 3 nitrogen and oxygen atoms in total. The summed E-state index contributed by atoms with van der Waals surface area (Å²) in [5.41, 5.74) is 0. The van der Waals surface area contributed by atoms with Gasteiger partial charge in [-0.25, -0.2) is 0 Å². The maximum absolute atomic E-state index is 6.02. The first-order valence-electron chi connectivity index (χ1n) is 8.49. The second-order valence-electron chi connectivity index (χ2n) is 6.62. The molecule has 1 aliphatic heterocycles. The van der Waals surface area contributed by atoms with E-state index in [1.165, 1.54) is 57.9 Å². The Bertz CT molecular complexity index is 278. The van der Waals surface area contributed by atoms with Gasteiger partial charge < -0.3 is 10.1 Å². The largest absolute Gasteiger partial charge is 0.375 e. The van der Waals surface area contributed by atoms with Crippen LogP contribution >= 0.6 is 0 Å². The maximum atomic E-state index is 6.02. The Morgan fingerprint density at radius 2 is 2.05 bits per heavy atom. The van der Waals surface area contributed by atoms with E-state index < -0.39 is 0 Å². The number of fused-ring (bicyclic) bond motifs is 1. The lowest BCUT2D eigenvalue weighted by atomic mass is 9.88. The zero-order chi connectivity index (χ0) is 13.1. The molecule has 0 spiro atoms. The minimum Gasteiger partial charge on any atom is -0.375 e. The molecule has 110 valence electrons. The Labute approximate surface area is 118 Å². The molecule has 0 aromatic rings. The Morgan fingerprint density at radius 1 is 1.21 bits per heavy atom. The first-order valence-corrected chi connectivity index (χ1v) is 8.49. The number of nitrogens with zero attached hydrogens (tertiary/aromatic N) is 1. The molecular formula is C16H30N2O. The second-order valence-corrected chi connectivity index (χ2v) is 6.62. The molecule has 3 aliphatic rings. The summed E-state index contributed by atoms with van der Waals surface area (Å²) < 4.78 is 6.02. The Kier molecular flexibility index (Phi) is 4.78. The molecule has 2 saturated carbocycles. The van der Waals surface area contributed by atoms with Crippen molar-refractivity contribution in [1.29, 1.82) is 0 Å². The third-order valence-corrected chi connectivity index (χ3v) is 5.09. The lowest BCUT2D eigenvalue weighted by molar-refractivity contribution is -0.103. The van der Waals surface area contributed by atoms with Crippen molar-refractivity contribution in [3.05, 3.63) is 0 Å². The van der Waals surface area contributed by atoms with Crippen LogP contribution < -0.4 is 5.32 Å². The van der Waals surface area contributed by atoms with E-state index in [1.807, 2.05) is 0 Å². The van der Waals surface area contributed by atoms with Crippen molar-refractivity contribution in [3.8, 4) is 0 Å². The summed E-state index contributed by atoms with van der Waals surface area (Å²) in [6.07, 6.45) is 11.4. The minimum atomic E-state index is 0.530. The van der Waals surface area contributed by atoms with Crippen LogP contribution in [-0.2, 0) is 4.74 Å². The summed E-state index contributed by atoms with van der Waals surface area (Å²) in [5, 5.41) is 3.75. The molecule has 0 aromatic heterocycles. The average molecular weight is 266 g/mol. The number of rotatable bonds is 6. The first-order chi connectivity index (χ1) is 9.38. The van der Waals surface area contributed by atoms with Crippen LogP contribution in [0.15, 0.2) is 0 Å². The molecule has 19 heavy (non-hydrogen) atoms. The third-order valence-electron chi connectivity index (χ3n) is 5.09. The molecule has 0 aromatic carbocycles. The Balaban J connectivity index is 1.60. The van der Waals surface area contributed by atoms with Gasteiger partial charge in [-0.3, -0.25) is 4.90 Å². The molecule has 1 heterocycles. The topological polar surface area (TPSA) is 24.5 Å². The lowest BCUT2D eigenvalue weighted by Gasteiger charge is -2.47. The van der Waals surface area contributed by atoms with Gasteiger partial charge in [-0.15, -0.1) is 0 Å². The second kappa shape index (κ2) is 6.55. The van der Waals surface area contributed by atoms with E-state index in [0.717, 1.165) is 25.2 Å². The number of nitrogens with one attached hydrogen (secondary N) is 1. The normalized spacial score (nSPS) is 33.9. The predicted octanol–water partition coefficient (Wildman–Crippen LogP) is 2.55. The summed E-state index contributed by atoms with van der Waals surface area (Å²) in [6, 6.07) is 2.28. The monoisotopic (exact) mass is 266 g/mol. The van der Waals surface area contributed by atoms with Crippen LogP contribution in [0.2, 0.25) is 0 Å². The van der Waals surface area contributed by atoms with Gasteiger partial charge in [-0.05, 0) is 32.1 Å². The lowest BCUT2D eigenvalue weighted by Crippen LogP contribution is -2.58. The predicted molar refractivity (Wildman–Crippen MR) is 78.4 cm³/mol. The number of ether oxygens (including phenoxy) is 1. The van der Waals surface area contributed by atoms with Crippen molar-refractivity contribution in [2.45, 2.75) is 82.5 Å². The smallest absolute Gasteiger partial charge is 0.0731 e. The Hall–Kier alpha value is -0.120. The first kappa shape index (κ1) is 13.8. The molecule has 3 rings (SSSR count). The molecule has 3 unspecified atom stereocenters. The number of hydrogen-bond acceptors (Lipinski definition) is 3. The van der Waals surface area contributed by atoms with Crippen molar-refractivity contribution in [2.75, 3.05) is 19.7 Å². The van der Waals surface area contributed by atoms with E-state index in [2.05, 4.69) is 17.1 Å². The number of morpholine rings is 1. The summed E-state index contributed by atoms with van der Waals surface area (Å²) >= 11 is 0. The van der Waals surface area contributed by atoms with Gasteiger partial charge in [0.1, 0.15) is 0 Å². The fourth-order valence-corrected chi connectivity index (χ4v) is 3.89. The summed E-state index contributed by atoms with van der Waals surface area (Å²) in [7, 11) is 0.